The van der Waals surface area contributed by atoms with Gasteiger partial charge in [0.05, 0.1) is 12.2 Å². The Bertz CT molecular complexity index is 407. The zero-order chi connectivity index (χ0) is 11.3. The van der Waals surface area contributed by atoms with Gasteiger partial charge in [-0.15, -0.1) is 6.58 Å². The first-order valence-electron chi connectivity index (χ1n) is 4.60. The minimum Gasteiger partial charge on any atom is -0.492 e. The molecule has 0 saturated heterocycles. The molecule has 0 aliphatic carbocycles. The van der Waals surface area contributed by atoms with Gasteiger partial charge in [0.1, 0.15) is 11.8 Å². The van der Waals surface area contributed by atoms with Gasteiger partial charge < -0.3 is 4.74 Å². The molecule has 1 aromatic rings. The number of rotatable bonds is 4. The number of hydrogen-bond donors (Lipinski definition) is 0. The van der Waals surface area contributed by atoms with Crippen LogP contribution in [0.5, 0.6) is 5.75 Å². The molecule has 0 spiro atoms. The van der Waals surface area contributed by atoms with Crippen molar-refractivity contribution >= 4 is 15.9 Å². The molecule has 0 fully saturated rings. The molecule has 2 nitrogen and oxygen atoms in total. The Kier molecular flexibility index (Phi) is 4.38. The van der Waals surface area contributed by atoms with E-state index in [1.165, 1.54) is 0 Å². The van der Waals surface area contributed by atoms with Crippen molar-refractivity contribution in [1.82, 2.24) is 0 Å². The molecular weight excluding hydrogens is 254 g/mol. The van der Waals surface area contributed by atoms with Crippen LogP contribution >= 0.6 is 15.9 Å². The third kappa shape index (κ3) is 3.77. The van der Waals surface area contributed by atoms with E-state index in [4.69, 9.17) is 10.00 Å². The molecule has 1 aromatic carbocycles. The van der Waals surface area contributed by atoms with Crippen LogP contribution in [0.3, 0.4) is 0 Å². The Balaban J connectivity index is 2.69. The average Bonchev–Trinajstić information content (AvgIpc) is 2.19. The normalized spacial score (nSPS) is 9.40. The van der Waals surface area contributed by atoms with Crippen molar-refractivity contribution in [2.45, 2.75) is 13.3 Å². The van der Waals surface area contributed by atoms with E-state index in [-0.39, 0.29) is 0 Å². The molecule has 1 rings (SSSR count). The Labute approximate surface area is 98.3 Å². The van der Waals surface area contributed by atoms with Crippen LogP contribution in [0, 0.1) is 11.3 Å². The summed E-state index contributed by atoms with van der Waals surface area (Å²) in [5.74, 6) is 0.627. The second-order valence-electron chi connectivity index (χ2n) is 3.31. The van der Waals surface area contributed by atoms with E-state index in [9.17, 15) is 0 Å². The van der Waals surface area contributed by atoms with Gasteiger partial charge in [0.15, 0.2) is 0 Å². The van der Waals surface area contributed by atoms with E-state index < -0.39 is 0 Å². The first-order valence-corrected chi connectivity index (χ1v) is 5.39. The van der Waals surface area contributed by atoms with E-state index in [2.05, 4.69) is 28.6 Å². The highest BCUT2D eigenvalue weighted by atomic mass is 79.9. The molecule has 0 bridgehead atoms. The number of benzene rings is 1. The van der Waals surface area contributed by atoms with Crippen LogP contribution in [0.2, 0.25) is 0 Å². The van der Waals surface area contributed by atoms with E-state index in [0.29, 0.717) is 17.9 Å². The molecule has 0 atom stereocenters. The molecule has 15 heavy (non-hydrogen) atoms. The van der Waals surface area contributed by atoms with Crippen molar-refractivity contribution in [3.63, 3.8) is 0 Å². The molecule has 0 aliphatic rings. The maximum Gasteiger partial charge on any atom is 0.137 e. The molecule has 78 valence electrons. The number of nitriles is 1. The molecule has 3 heteroatoms. The van der Waals surface area contributed by atoms with Gasteiger partial charge in [-0.3, -0.25) is 0 Å². The second kappa shape index (κ2) is 5.57. The number of nitrogens with zero attached hydrogens (tertiary/aromatic N) is 1. The summed E-state index contributed by atoms with van der Waals surface area (Å²) in [5.41, 5.74) is 1.62. The molecule has 0 aliphatic heterocycles. The van der Waals surface area contributed by atoms with Gasteiger partial charge in [-0.25, -0.2) is 0 Å². The van der Waals surface area contributed by atoms with E-state index in [1.54, 1.807) is 12.1 Å². The molecule has 0 saturated carbocycles. The Morgan fingerprint density at radius 2 is 2.33 bits per heavy atom. The highest BCUT2D eigenvalue weighted by Gasteiger charge is 2.03. The van der Waals surface area contributed by atoms with Crippen LogP contribution in [-0.4, -0.2) is 6.61 Å². The predicted octanol–water partition coefficient (Wildman–Crippen LogP) is 3.67. The summed E-state index contributed by atoms with van der Waals surface area (Å²) in [6.45, 7) is 6.31. The largest absolute Gasteiger partial charge is 0.492 e. The minimum absolute atomic E-state index is 0.547. The van der Waals surface area contributed by atoms with Gasteiger partial charge in [0.2, 0.25) is 0 Å². The number of hydrogen-bond acceptors (Lipinski definition) is 2. The van der Waals surface area contributed by atoms with Gasteiger partial charge in [0.25, 0.3) is 0 Å². The third-order valence-corrected chi connectivity index (χ3v) is 2.34. The number of halogens is 1. The first-order chi connectivity index (χ1) is 7.13. The van der Waals surface area contributed by atoms with Crippen LogP contribution in [0.4, 0.5) is 0 Å². The van der Waals surface area contributed by atoms with Gasteiger partial charge >= 0.3 is 0 Å². The van der Waals surface area contributed by atoms with Crippen LogP contribution in [-0.2, 0) is 0 Å². The number of ether oxygens (including phenoxy) is 1. The summed E-state index contributed by atoms with van der Waals surface area (Å²) in [7, 11) is 0. The van der Waals surface area contributed by atoms with Gasteiger partial charge in [-0.2, -0.15) is 5.26 Å². The van der Waals surface area contributed by atoms with Crippen molar-refractivity contribution in [2.75, 3.05) is 6.61 Å². The Morgan fingerprint density at radius 3 is 2.93 bits per heavy atom. The lowest BCUT2D eigenvalue weighted by molar-refractivity contribution is 0.321. The zero-order valence-corrected chi connectivity index (χ0v) is 10.2. The maximum absolute atomic E-state index is 8.88. The summed E-state index contributed by atoms with van der Waals surface area (Å²) in [4.78, 5) is 0. The lowest BCUT2D eigenvalue weighted by atomic mass is 10.2. The molecule has 0 amide bonds. The van der Waals surface area contributed by atoms with Crippen molar-refractivity contribution in [3.8, 4) is 11.8 Å². The van der Waals surface area contributed by atoms with Crippen molar-refractivity contribution in [3.05, 3.63) is 40.4 Å². The van der Waals surface area contributed by atoms with Crippen molar-refractivity contribution in [1.29, 1.82) is 5.26 Å². The van der Waals surface area contributed by atoms with Crippen molar-refractivity contribution < 1.29 is 4.74 Å². The van der Waals surface area contributed by atoms with Crippen LogP contribution in [0.1, 0.15) is 18.9 Å². The summed E-state index contributed by atoms with van der Waals surface area (Å²) < 4.78 is 6.37. The quantitative estimate of drug-likeness (QED) is 0.779. The highest BCUT2D eigenvalue weighted by Crippen LogP contribution is 2.22. The Morgan fingerprint density at radius 1 is 1.60 bits per heavy atom. The molecule has 0 aromatic heterocycles. The molecular formula is C12H12BrNO. The zero-order valence-electron chi connectivity index (χ0n) is 8.59. The van der Waals surface area contributed by atoms with Gasteiger partial charge in [-0.05, 0) is 25.1 Å². The van der Waals surface area contributed by atoms with E-state index in [0.717, 1.165) is 16.5 Å². The molecule has 0 heterocycles. The first kappa shape index (κ1) is 11.8. The van der Waals surface area contributed by atoms with Gasteiger partial charge in [0, 0.05) is 10.9 Å². The smallest absolute Gasteiger partial charge is 0.137 e. The molecule has 0 N–H and O–H groups in total. The molecule has 0 unspecified atom stereocenters. The van der Waals surface area contributed by atoms with Gasteiger partial charge in [-0.1, -0.05) is 21.5 Å². The van der Waals surface area contributed by atoms with E-state index in [1.807, 2.05) is 13.0 Å². The lowest BCUT2D eigenvalue weighted by Gasteiger charge is -2.07. The summed E-state index contributed by atoms with van der Waals surface area (Å²) >= 11 is 3.31. The topological polar surface area (TPSA) is 33.0 Å². The average molecular weight is 266 g/mol. The fourth-order valence-corrected chi connectivity index (χ4v) is 1.41. The van der Waals surface area contributed by atoms with Crippen molar-refractivity contribution in [2.24, 2.45) is 0 Å². The van der Waals surface area contributed by atoms with Crippen LogP contribution in [0.25, 0.3) is 0 Å². The fraction of sp³-hybridized carbons (Fsp3) is 0.250. The molecule has 0 radical (unpaired) electrons. The summed E-state index contributed by atoms with van der Waals surface area (Å²) in [6.07, 6.45) is 0.806. The monoisotopic (exact) mass is 265 g/mol. The SMILES string of the molecule is C=C(C)CCOc1ccc(Br)cc1C#N. The summed E-state index contributed by atoms with van der Waals surface area (Å²) in [5, 5.41) is 8.88. The predicted molar refractivity (Wildman–Crippen MR) is 63.8 cm³/mol. The van der Waals surface area contributed by atoms with E-state index >= 15 is 0 Å². The summed E-state index contributed by atoms with van der Waals surface area (Å²) in [6, 6.07) is 7.49. The minimum atomic E-state index is 0.547. The third-order valence-electron chi connectivity index (χ3n) is 1.85. The van der Waals surface area contributed by atoms with Crippen LogP contribution < -0.4 is 4.74 Å². The Hall–Kier alpha value is -1.27. The standard InChI is InChI=1S/C12H12BrNO/c1-9(2)5-6-15-12-4-3-11(13)7-10(12)8-14/h3-4,7H,1,5-6H2,2H3. The second-order valence-corrected chi connectivity index (χ2v) is 4.22. The van der Waals surface area contributed by atoms with Crippen LogP contribution in [0.15, 0.2) is 34.8 Å². The highest BCUT2D eigenvalue weighted by molar-refractivity contribution is 9.10. The fourth-order valence-electron chi connectivity index (χ4n) is 1.05. The maximum atomic E-state index is 8.88. The lowest BCUT2D eigenvalue weighted by Crippen LogP contribution is -1.99.